The van der Waals surface area contributed by atoms with Crippen molar-refractivity contribution in [2.45, 2.75) is 20.4 Å². The summed E-state index contributed by atoms with van der Waals surface area (Å²) in [7, 11) is 1.54. The quantitative estimate of drug-likeness (QED) is 0.878. The number of ether oxygens (including phenoxy) is 1. The van der Waals surface area contributed by atoms with Crippen molar-refractivity contribution in [2.75, 3.05) is 19.0 Å². The normalized spacial score (nSPS) is 10.2. The Kier molecular flexibility index (Phi) is 4.76. The lowest BCUT2D eigenvalue weighted by Gasteiger charge is -2.11. The number of methoxy groups -OCH3 is 1. The summed E-state index contributed by atoms with van der Waals surface area (Å²) in [6, 6.07) is 3.27. The smallest absolute Gasteiger partial charge is 0.320 e. The average Bonchev–Trinajstić information content (AvgIpc) is 2.85. The molecule has 0 aliphatic carbocycles. The lowest BCUT2D eigenvalue weighted by Crippen LogP contribution is -2.32. The highest BCUT2D eigenvalue weighted by Crippen LogP contribution is 2.21. The van der Waals surface area contributed by atoms with Crippen molar-refractivity contribution in [3.8, 4) is 5.75 Å². The number of nitrogens with zero attached hydrogens (tertiary/aromatic N) is 3. The molecule has 0 saturated heterocycles. The molecule has 0 aliphatic rings. The minimum Gasteiger partial charge on any atom is -0.493 e. The molecule has 2 N–H and O–H groups in total. The standard InChI is InChI=1S/C14H19N5O2/c1-10-8-16-19(9-10)7-6-15-14(20)18-13-12(21-3)5-4-11(2)17-13/h4-5,8-9H,6-7H2,1-3H3,(H2,15,17,18,20). The number of amides is 2. The number of aromatic nitrogens is 3. The number of anilines is 1. The molecule has 21 heavy (non-hydrogen) atoms. The number of nitrogens with one attached hydrogen (secondary N) is 2. The molecule has 2 rings (SSSR count). The van der Waals surface area contributed by atoms with Gasteiger partial charge in [-0.3, -0.25) is 10.00 Å². The van der Waals surface area contributed by atoms with Gasteiger partial charge in [0, 0.05) is 18.4 Å². The highest BCUT2D eigenvalue weighted by molar-refractivity contribution is 5.89. The Morgan fingerprint density at radius 3 is 2.86 bits per heavy atom. The van der Waals surface area contributed by atoms with Crippen LogP contribution in [0.25, 0.3) is 0 Å². The Balaban J connectivity index is 1.85. The van der Waals surface area contributed by atoms with Gasteiger partial charge in [0.15, 0.2) is 11.6 Å². The van der Waals surface area contributed by atoms with Crippen molar-refractivity contribution in [2.24, 2.45) is 0 Å². The van der Waals surface area contributed by atoms with Crippen molar-refractivity contribution >= 4 is 11.8 Å². The van der Waals surface area contributed by atoms with Gasteiger partial charge in [0.1, 0.15) is 0 Å². The zero-order valence-corrected chi connectivity index (χ0v) is 12.4. The van der Waals surface area contributed by atoms with E-state index in [2.05, 4.69) is 20.7 Å². The molecule has 7 heteroatoms. The zero-order valence-electron chi connectivity index (χ0n) is 12.4. The maximum atomic E-state index is 11.8. The van der Waals surface area contributed by atoms with Crippen molar-refractivity contribution in [3.05, 3.63) is 35.8 Å². The van der Waals surface area contributed by atoms with Gasteiger partial charge in [-0.2, -0.15) is 5.10 Å². The van der Waals surface area contributed by atoms with Crippen LogP contribution in [-0.2, 0) is 6.54 Å². The Morgan fingerprint density at radius 1 is 1.38 bits per heavy atom. The second kappa shape index (κ2) is 6.74. The largest absolute Gasteiger partial charge is 0.493 e. The third-order valence-electron chi connectivity index (χ3n) is 2.84. The van der Waals surface area contributed by atoms with Gasteiger partial charge in [-0.1, -0.05) is 0 Å². The molecule has 0 aromatic carbocycles. The van der Waals surface area contributed by atoms with E-state index in [-0.39, 0.29) is 6.03 Å². The van der Waals surface area contributed by atoms with Crippen molar-refractivity contribution in [1.29, 1.82) is 0 Å². The van der Waals surface area contributed by atoms with Crippen LogP contribution in [0.4, 0.5) is 10.6 Å². The van der Waals surface area contributed by atoms with Gasteiger partial charge >= 0.3 is 6.03 Å². The summed E-state index contributed by atoms with van der Waals surface area (Å²) in [4.78, 5) is 16.1. The Labute approximate surface area is 123 Å². The van der Waals surface area contributed by atoms with Crippen LogP contribution < -0.4 is 15.4 Å². The van der Waals surface area contributed by atoms with E-state index in [1.54, 1.807) is 16.9 Å². The van der Waals surface area contributed by atoms with E-state index >= 15 is 0 Å². The van der Waals surface area contributed by atoms with E-state index in [1.807, 2.05) is 26.1 Å². The predicted molar refractivity (Wildman–Crippen MR) is 79.5 cm³/mol. The fourth-order valence-corrected chi connectivity index (χ4v) is 1.82. The first-order valence-corrected chi connectivity index (χ1v) is 6.64. The monoisotopic (exact) mass is 289 g/mol. The van der Waals surface area contributed by atoms with Crippen LogP contribution in [0.3, 0.4) is 0 Å². The number of hydrogen-bond acceptors (Lipinski definition) is 4. The number of carbonyl (C=O) groups is 1. The van der Waals surface area contributed by atoms with Gasteiger partial charge in [-0.25, -0.2) is 9.78 Å². The third-order valence-corrected chi connectivity index (χ3v) is 2.84. The summed E-state index contributed by atoms with van der Waals surface area (Å²) in [5, 5.41) is 9.58. The molecule has 7 nitrogen and oxygen atoms in total. The van der Waals surface area contributed by atoms with Crippen LogP contribution >= 0.6 is 0 Å². The SMILES string of the molecule is COc1ccc(C)nc1NC(=O)NCCn1cc(C)cn1. The first-order chi connectivity index (χ1) is 10.1. The number of rotatable bonds is 5. The van der Waals surface area contributed by atoms with Crippen molar-refractivity contribution in [1.82, 2.24) is 20.1 Å². The second-order valence-electron chi connectivity index (χ2n) is 4.67. The molecule has 0 bridgehead atoms. The minimum atomic E-state index is -0.324. The third kappa shape index (κ3) is 4.20. The molecule has 0 atom stereocenters. The lowest BCUT2D eigenvalue weighted by molar-refractivity contribution is 0.251. The van der Waals surface area contributed by atoms with E-state index in [9.17, 15) is 4.79 Å². The van der Waals surface area contributed by atoms with Crippen LogP contribution in [0.15, 0.2) is 24.5 Å². The summed E-state index contributed by atoms with van der Waals surface area (Å²) < 4.78 is 6.94. The number of aryl methyl sites for hydroxylation is 2. The maximum absolute atomic E-state index is 11.8. The fourth-order valence-electron chi connectivity index (χ4n) is 1.82. The fraction of sp³-hybridized carbons (Fsp3) is 0.357. The molecule has 0 radical (unpaired) electrons. The molecular weight excluding hydrogens is 270 g/mol. The van der Waals surface area contributed by atoms with E-state index in [0.717, 1.165) is 11.3 Å². The molecule has 0 aliphatic heterocycles. The number of pyridine rings is 1. The molecule has 2 heterocycles. The molecule has 112 valence electrons. The van der Waals surface area contributed by atoms with Gasteiger partial charge < -0.3 is 10.1 Å². The van der Waals surface area contributed by atoms with Crippen molar-refractivity contribution in [3.63, 3.8) is 0 Å². The van der Waals surface area contributed by atoms with Crippen LogP contribution in [0.1, 0.15) is 11.3 Å². The summed E-state index contributed by atoms with van der Waals surface area (Å²) in [5.74, 6) is 0.934. The van der Waals surface area contributed by atoms with Gasteiger partial charge in [-0.05, 0) is 31.5 Å². The van der Waals surface area contributed by atoms with E-state index in [1.165, 1.54) is 7.11 Å². The summed E-state index contributed by atoms with van der Waals surface area (Å²) in [6.45, 7) is 4.91. The summed E-state index contributed by atoms with van der Waals surface area (Å²) >= 11 is 0. The van der Waals surface area contributed by atoms with Gasteiger partial charge in [0.2, 0.25) is 0 Å². The first kappa shape index (κ1) is 14.8. The molecule has 2 amide bonds. The predicted octanol–water partition coefficient (Wildman–Crippen LogP) is 1.73. The maximum Gasteiger partial charge on any atom is 0.320 e. The summed E-state index contributed by atoms with van der Waals surface area (Å²) in [6.07, 6.45) is 3.70. The Hall–Kier alpha value is -2.57. The van der Waals surface area contributed by atoms with E-state index in [4.69, 9.17) is 4.74 Å². The molecule has 0 fully saturated rings. The Bertz CT molecular complexity index is 624. The second-order valence-corrected chi connectivity index (χ2v) is 4.67. The summed E-state index contributed by atoms with van der Waals surface area (Å²) in [5.41, 5.74) is 1.89. The number of hydrogen-bond donors (Lipinski definition) is 2. The minimum absolute atomic E-state index is 0.324. The van der Waals surface area contributed by atoms with Gasteiger partial charge in [-0.15, -0.1) is 0 Å². The first-order valence-electron chi connectivity index (χ1n) is 6.64. The van der Waals surface area contributed by atoms with Gasteiger partial charge in [0.25, 0.3) is 0 Å². The van der Waals surface area contributed by atoms with Crippen LogP contribution in [0.2, 0.25) is 0 Å². The average molecular weight is 289 g/mol. The molecular formula is C14H19N5O2. The molecule has 2 aromatic heterocycles. The van der Waals surface area contributed by atoms with Crippen LogP contribution in [0, 0.1) is 13.8 Å². The van der Waals surface area contributed by atoms with Crippen LogP contribution in [-0.4, -0.2) is 34.5 Å². The molecule has 0 spiro atoms. The lowest BCUT2D eigenvalue weighted by atomic mass is 10.3. The molecule has 0 saturated carbocycles. The molecule has 2 aromatic rings. The molecule has 0 unspecified atom stereocenters. The van der Waals surface area contributed by atoms with Gasteiger partial charge in [0.05, 0.1) is 19.9 Å². The number of urea groups is 1. The Morgan fingerprint density at radius 2 is 2.19 bits per heavy atom. The van der Waals surface area contributed by atoms with E-state index in [0.29, 0.717) is 24.7 Å². The van der Waals surface area contributed by atoms with E-state index < -0.39 is 0 Å². The highest BCUT2D eigenvalue weighted by Gasteiger charge is 2.08. The zero-order chi connectivity index (χ0) is 15.2. The number of carbonyl (C=O) groups excluding carboxylic acids is 1. The van der Waals surface area contributed by atoms with Crippen LogP contribution in [0.5, 0.6) is 5.75 Å². The van der Waals surface area contributed by atoms with Crippen molar-refractivity contribution < 1.29 is 9.53 Å². The highest BCUT2D eigenvalue weighted by atomic mass is 16.5. The topological polar surface area (TPSA) is 81.1 Å².